The molecule has 1 heteroatoms. The fraction of sp³-hybridized carbons (Fsp3) is 0.750. The first-order valence-corrected chi connectivity index (χ1v) is 5.28. The van der Waals surface area contributed by atoms with Gasteiger partial charge in [-0.25, -0.2) is 0 Å². The second kappa shape index (κ2) is 3.65. The maximum atomic E-state index is 11.6. The van der Waals surface area contributed by atoms with Crippen molar-refractivity contribution in [2.24, 2.45) is 5.41 Å². The zero-order valence-corrected chi connectivity index (χ0v) is 9.24. The average Bonchev–Trinajstić information content (AvgIpc) is 2.08. The van der Waals surface area contributed by atoms with Crippen LogP contribution in [0.4, 0.5) is 0 Å². The minimum absolute atomic E-state index is 0.258. The summed E-state index contributed by atoms with van der Waals surface area (Å²) in [7, 11) is 0. The van der Waals surface area contributed by atoms with Crippen LogP contribution in [0, 0.1) is 5.41 Å². The van der Waals surface area contributed by atoms with E-state index in [1.807, 2.05) is 0 Å². The first-order valence-electron chi connectivity index (χ1n) is 5.28. The largest absolute Gasteiger partial charge is 0.295 e. The van der Waals surface area contributed by atoms with Gasteiger partial charge in [-0.15, -0.1) is 0 Å². The summed E-state index contributed by atoms with van der Waals surface area (Å²) in [4.78, 5) is 11.6. The first-order chi connectivity index (χ1) is 6.03. The SMILES string of the molecule is CCC1=C(CC)C(C)(C)CCC1=O. The number of hydrogen-bond donors (Lipinski definition) is 0. The molecule has 0 N–H and O–H groups in total. The van der Waals surface area contributed by atoms with E-state index in [1.165, 1.54) is 5.57 Å². The van der Waals surface area contributed by atoms with Gasteiger partial charge < -0.3 is 0 Å². The van der Waals surface area contributed by atoms with E-state index >= 15 is 0 Å². The number of carbonyl (C=O) groups is 1. The standard InChI is InChI=1S/C12H20O/c1-5-9-10(6-2)12(3,4)8-7-11(9)13/h5-8H2,1-4H3. The van der Waals surface area contributed by atoms with E-state index in [-0.39, 0.29) is 5.41 Å². The zero-order chi connectivity index (χ0) is 10.1. The van der Waals surface area contributed by atoms with Gasteiger partial charge in [0.1, 0.15) is 0 Å². The van der Waals surface area contributed by atoms with Crippen LogP contribution in [0.1, 0.15) is 53.4 Å². The van der Waals surface area contributed by atoms with Crippen molar-refractivity contribution in [1.29, 1.82) is 0 Å². The van der Waals surface area contributed by atoms with Crippen LogP contribution < -0.4 is 0 Å². The highest BCUT2D eigenvalue weighted by Crippen LogP contribution is 2.41. The molecular weight excluding hydrogens is 160 g/mol. The molecule has 0 heterocycles. The Morgan fingerprint density at radius 1 is 1.23 bits per heavy atom. The minimum atomic E-state index is 0.258. The van der Waals surface area contributed by atoms with E-state index in [1.54, 1.807) is 0 Å². The lowest BCUT2D eigenvalue weighted by molar-refractivity contribution is -0.116. The van der Waals surface area contributed by atoms with Crippen LogP contribution in [0.25, 0.3) is 0 Å². The van der Waals surface area contributed by atoms with Crippen LogP contribution in [0.3, 0.4) is 0 Å². The Hall–Kier alpha value is -0.590. The molecule has 0 unspecified atom stereocenters. The van der Waals surface area contributed by atoms with E-state index in [0.29, 0.717) is 5.78 Å². The summed E-state index contributed by atoms with van der Waals surface area (Å²) in [5, 5.41) is 0. The monoisotopic (exact) mass is 180 g/mol. The van der Waals surface area contributed by atoms with E-state index in [0.717, 1.165) is 31.3 Å². The third-order valence-corrected chi connectivity index (χ3v) is 3.20. The highest BCUT2D eigenvalue weighted by Gasteiger charge is 2.31. The second-order valence-electron chi connectivity index (χ2n) is 4.47. The van der Waals surface area contributed by atoms with Crippen LogP contribution in [0.2, 0.25) is 0 Å². The summed E-state index contributed by atoms with van der Waals surface area (Å²) in [6.45, 7) is 8.76. The number of hydrogen-bond acceptors (Lipinski definition) is 1. The number of allylic oxidation sites excluding steroid dienone is 2. The van der Waals surface area contributed by atoms with Crippen LogP contribution in [-0.4, -0.2) is 5.78 Å². The molecule has 0 saturated carbocycles. The highest BCUT2D eigenvalue weighted by molar-refractivity contribution is 5.97. The molecule has 0 spiro atoms. The van der Waals surface area contributed by atoms with E-state index in [4.69, 9.17) is 0 Å². The number of Topliss-reactive ketones (excluding diaryl/α,β-unsaturated/α-hetero) is 1. The summed E-state index contributed by atoms with van der Waals surface area (Å²) in [6.07, 6.45) is 3.71. The molecule has 0 fully saturated rings. The molecule has 0 amide bonds. The Morgan fingerprint density at radius 3 is 2.23 bits per heavy atom. The van der Waals surface area contributed by atoms with Crippen molar-refractivity contribution in [2.75, 3.05) is 0 Å². The molecule has 1 nitrogen and oxygen atoms in total. The minimum Gasteiger partial charge on any atom is -0.295 e. The molecule has 0 saturated heterocycles. The average molecular weight is 180 g/mol. The van der Waals surface area contributed by atoms with Gasteiger partial charge in [-0.3, -0.25) is 4.79 Å². The van der Waals surface area contributed by atoms with Gasteiger partial charge in [0.2, 0.25) is 0 Å². The third kappa shape index (κ3) is 1.84. The van der Waals surface area contributed by atoms with Crippen molar-refractivity contribution in [2.45, 2.75) is 53.4 Å². The lowest BCUT2D eigenvalue weighted by atomic mass is 9.70. The summed E-state index contributed by atoms with van der Waals surface area (Å²) in [5.74, 6) is 0.388. The van der Waals surface area contributed by atoms with Gasteiger partial charge in [-0.2, -0.15) is 0 Å². The highest BCUT2D eigenvalue weighted by atomic mass is 16.1. The lowest BCUT2D eigenvalue weighted by Gasteiger charge is -2.34. The van der Waals surface area contributed by atoms with Crippen molar-refractivity contribution in [3.63, 3.8) is 0 Å². The van der Waals surface area contributed by atoms with Crippen molar-refractivity contribution in [3.05, 3.63) is 11.1 Å². The normalized spacial score (nSPS) is 22.3. The topological polar surface area (TPSA) is 17.1 Å². The predicted octanol–water partition coefficient (Wildman–Crippen LogP) is 3.49. The van der Waals surface area contributed by atoms with Crippen molar-refractivity contribution >= 4 is 5.78 Å². The summed E-state index contributed by atoms with van der Waals surface area (Å²) in [5.41, 5.74) is 2.76. The molecule has 74 valence electrons. The van der Waals surface area contributed by atoms with Gasteiger partial charge in [0.05, 0.1) is 0 Å². The van der Waals surface area contributed by atoms with Gasteiger partial charge in [-0.1, -0.05) is 33.3 Å². The molecule has 13 heavy (non-hydrogen) atoms. The molecule has 0 aromatic heterocycles. The maximum Gasteiger partial charge on any atom is 0.158 e. The van der Waals surface area contributed by atoms with Crippen molar-refractivity contribution in [1.82, 2.24) is 0 Å². The lowest BCUT2D eigenvalue weighted by Crippen LogP contribution is -2.25. The smallest absolute Gasteiger partial charge is 0.158 e. The molecule has 1 rings (SSSR count). The summed E-state index contributed by atoms with van der Waals surface area (Å²) < 4.78 is 0. The van der Waals surface area contributed by atoms with Gasteiger partial charge in [-0.05, 0) is 30.3 Å². The van der Waals surface area contributed by atoms with Crippen LogP contribution >= 0.6 is 0 Å². The second-order valence-corrected chi connectivity index (χ2v) is 4.47. The molecule has 0 atom stereocenters. The first kappa shape index (κ1) is 10.5. The Morgan fingerprint density at radius 2 is 1.85 bits per heavy atom. The van der Waals surface area contributed by atoms with E-state index in [9.17, 15) is 4.79 Å². The fourth-order valence-electron chi connectivity index (χ4n) is 2.41. The Bertz CT molecular complexity index is 246. The number of rotatable bonds is 2. The van der Waals surface area contributed by atoms with Gasteiger partial charge in [0, 0.05) is 6.42 Å². The number of carbonyl (C=O) groups excluding carboxylic acids is 1. The molecule has 1 aliphatic carbocycles. The third-order valence-electron chi connectivity index (χ3n) is 3.20. The Labute approximate surface area is 81.2 Å². The molecule has 0 aromatic rings. The zero-order valence-electron chi connectivity index (χ0n) is 9.24. The molecule has 0 bridgehead atoms. The fourth-order valence-corrected chi connectivity index (χ4v) is 2.41. The van der Waals surface area contributed by atoms with E-state index < -0.39 is 0 Å². The Balaban J connectivity index is 3.13. The Kier molecular flexibility index (Phi) is 2.94. The quantitative estimate of drug-likeness (QED) is 0.635. The van der Waals surface area contributed by atoms with Crippen LogP contribution in [0.5, 0.6) is 0 Å². The summed E-state index contributed by atoms with van der Waals surface area (Å²) in [6, 6.07) is 0. The molecule has 0 aromatic carbocycles. The van der Waals surface area contributed by atoms with Crippen molar-refractivity contribution < 1.29 is 4.79 Å². The molecule has 0 radical (unpaired) electrons. The number of ketones is 1. The summed E-state index contributed by atoms with van der Waals surface area (Å²) >= 11 is 0. The van der Waals surface area contributed by atoms with Crippen LogP contribution in [-0.2, 0) is 4.79 Å². The predicted molar refractivity (Wildman–Crippen MR) is 55.6 cm³/mol. The van der Waals surface area contributed by atoms with Crippen molar-refractivity contribution in [3.8, 4) is 0 Å². The van der Waals surface area contributed by atoms with Crippen LogP contribution in [0.15, 0.2) is 11.1 Å². The van der Waals surface area contributed by atoms with Gasteiger partial charge in [0.25, 0.3) is 0 Å². The molecular formula is C12H20O. The molecule has 0 aliphatic heterocycles. The van der Waals surface area contributed by atoms with Gasteiger partial charge >= 0.3 is 0 Å². The molecule has 1 aliphatic rings. The van der Waals surface area contributed by atoms with E-state index in [2.05, 4.69) is 27.7 Å². The van der Waals surface area contributed by atoms with Gasteiger partial charge in [0.15, 0.2) is 5.78 Å². The maximum absolute atomic E-state index is 11.6.